The quantitative estimate of drug-likeness (QED) is 0.256. The van der Waals surface area contributed by atoms with E-state index in [1.807, 2.05) is 39.0 Å². The van der Waals surface area contributed by atoms with Crippen molar-refractivity contribution in [2.75, 3.05) is 86.7 Å². The molecule has 9 rings (SSSR count). The average Bonchev–Trinajstić information content (AvgIpc) is 3.80. The van der Waals surface area contributed by atoms with Gasteiger partial charge in [-0.1, -0.05) is 0 Å². The lowest BCUT2D eigenvalue weighted by molar-refractivity contribution is -0.138. The fraction of sp³-hybridized carbons (Fsp3) is 0.511. The Bertz CT molecular complexity index is 2330. The van der Waals surface area contributed by atoms with Gasteiger partial charge in [0.15, 0.2) is 5.69 Å². The summed E-state index contributed by atoms with van der Waals surface area (Å²) >= 11 is 0. The molecule has 0 radical (unpaired) electrons. The molecule has 18 heteroatoms. The number of amides is 4. The van der Waals surface area contributed by atoms with Crippen LogP contribution < -0.4 is 20.0 Å². The number of nitriles is 1. The van der Waals surface area contributed by atoms with E-state index in [9.17, 15) is 37.5 Å². The number of aromatic nitrogens is 1. The number of hydrogen-bond acceptors (Lipinski definition) is 11. The van der Waals surface area contributed by atoms with E-state index in [0.717, 1.165) is 41.6 Å². The third-order valence-electron chi connectivity index (χ3n) is 14.2. The number of anilines is 3. The van der Waals surface area contributed by atoms with Crippen molar-refractivity contribution in [2.45, 2.75) is 69.1 Å². The number of aliphatic hydroxyl groups is 1. The van der Waals surface area contributed by atoms with Crippen LogP contribution in [0.4, 0.5) is 34.6 Å². The van der Waals surface area contributed by atoms with Gasteiger partial charge in [-0.3, -0.25) is 29.0 Å². The first kappa shape index (κ1) is 42.5. The smallest absolute Gasteiger partial charge is 0.372 e. The largest absolute Gasteiger partial charge is 0.419 e. The number of pyridine rings is 1. The number of hydrogen-bond donors (Lipinski definition) is 2. The molecule has 0 aliphatic carbocycles. The van der Waals surface area contributed by atoms with E-state index in [2.05, 4.69) is 20.1 Å². The van der Waals surface area contributed by atoms with Crippen molar-refractivity contribution in [1.29, 1.82) is 5.26 Å². The lowest BCUT2D eigenvalue weighted by atomic mass is 9.77. The van der Waals surface area contributed by atoms with Gasteiger partial charge in [-0.25, -0.2) is 9.37 Å². The summed E-state index contributed by atoms with van der Waals surface area (Å²) in [6, 6.07) is 14.4. The van der Waals surface area contributed by atoms with Crippen LogP contribution in [-0.4, -0.2) is 138 Å². The second-order valence-electron chi connectivity index (χ2n) is 17.9. The van der Waals surface area contributed by atoms with Crippen LogP contribution in [0.1, 0.15) is 87.3 Å². The van der Waals surface area contributed by atoms with Crippen LogP contribution in [0.2, 0.25) is 0 Å². The Hall–Kier alpha value is -5.80. The Labute approximate surface area is 362 Å². The minimum Gasteiger partial charge on any atom is -0.372 e. The minimum atomic E-state index is -4.67. The van der Waals surface area contributed by atoms with Gasteiger partial charge in [-0.2, -0.15) is 18.4 Å². The number of nitrogens with one attached hydrogen (secondary N) is 1. The maximum absolute atomic E-state index is 16.3. The summed E-state index contributed by atoms with van der Waals surface area (Å²) < 4.78 is 57.0. The number of nitrogens with zero attached hydrogens (tertiary/aromatic N) is 8. The topological polar surface area (TPSA) is 157 Å². The molecule has 2 aromatic carbocycles. The molecule has 5 saturated heterocycles. The van der Waals surface area contributed by atoms with Crippen LogP contribution in [-0.2, 0) is 11.0 Å². The molecule has 63 heavy (non-hydrogen) atoms. The van der Waals surface area contributed by atoms with E-state index in [4.69, 9.17) is 5.26 Å². The highest BCUT2D eigenvalue weighted by atomic mass is 19.4. The molecule has 2 N–H and O–H groups in total. The van der Waals surface area contributed by atoms with E-state index in [1.54, 1.807) is 18.2 Å². The maximum Gasteiger partial charge on any atom is 0.419 e. The van der Waals surface area contributed by atoms with Gasteiger partial charge in [-0.05, 0) is 79.6 Å². The van der Waals surface area contributed by atoms with Crippen molar-refractivity contribution in [2.24, 2.45) is 5.41 Å². The summed E-state index contributed by atoms with van der Waals surface area (Å²) in [5.41, 5.74) is -0.00525. The standard InChI is InChI=1S/C45H49F4N9O5/c46-44(12-17-54(18-13-44)31-5-6-33-34(23-31)42(63)58(41(33)62)37-7-8-38(59)52-39(37)60)28-53-19-21-56(22-20-53)30-3-1-29(2-4-30)40(61)57-16-11-43(27-57)9-14-55(15-10-43)32-24-35(45(47,48)49)36(25-50)51-26-32/h1-6,23-24,26,37,39,60H,7-22,27-28H2,(H,52,59). The normalized spacial score (nSPS) is 23.9. The summed E-state index contributed by atoms with van der Waals surface area (Å²) in [6.07, 6.45) is -1.49. The van der Waals surface area contributed by atoms with Crippen molar-refractivity contribution in [1.82, 2.24) is 25.0 Å². The Morgan fingerprint density at radius 2 is 1.43 bits per heavy atom. The van der Waals surface area contributed by atoms with Crippen molar-refractivity contribution < 1.29 is 41.8 Å². The first-order valence-corrected chi connectivity index (χ1v) is 21.6. The number of imide groups is 1. The van der Waals surface area contributed by atoms with E-state index < -0.39 is 47.2 Å². The molecule has 14 nitrogen and oxygen atoms in total. The Kier molecular flexibility index (Phi) is 11.1. The van der Waals surface area contributed by atoms with Crippen LogP contribution in [0.5, 0.6) is 0 Å². The molecular weight excluding hydrogens is 823 g/mol. The molecular formula is C45H49F4N9O5. The number of likely N-dealkylation sites (tertiary alicyclic amines) is 1. The number of aliphatic hydroxyl groups excluding tert-OH is 1. The van der Waals surface area contributed by atoms with Gasteiger partial charge in [0.05, 0.1) is 34.6 Å². The first-order chi connectivity index (χ1) is 30.1. The lowest BCUT2D eigenvalue weighted by Crippen LogP contribution is -2.57. The fourth-order valence-corrected chi connectivity index (χ4v) is 10.4. The first-order valence-electron chi connectivity index (χ1n) is 21.6. The van der Waals surface area contributed by atoms with Crippen LogP contribution >= 0.6 is 0 Å². The van der Waals surface area contributed by atoms with Crippen LogP contribution in [0.15, 0.2) is 54.7 Å². The fourth-order valence-electron chi connectivity index (χ4n) is 10.4. The number of halogens is 4. The number of fused-ring (bicyclic) bond motifs is 1. The SMILES string of the molecule is N#Cc1ncc(N2CCC3(CCN(C(=O)c4ccc(N5CCN(CC6(F)CCN(c7ccc8c(c7)C(=O)N(C7CCC(=O)NC7O)C8=O)CC6)CC5)cc4)C3)CC2)cc1C(F)(F)F. The highest BCUT2D eigenvalue weighted by molar-refractivity contribution is 6.22. The number of piperidine rings is 3. The van der Waals surface area contributed by atoms with E-state index in [1.165, 1.54) is 12.3 Å². The van der Waals surface area contributed by atoms with Gasteiger partial charge < -0.3 is 30.0 Å². The molecule has 1 aromatic heterocycles. The number of carbonyl (C=O) groups excluding carboxylic acids is 4. The summed E-state index contributed by atoms with van der Waals surface area (Å²) in [7, 11) is 0. The molecule has 2 unspecified atom stereocenters. The average molecular weight is 872 g/mol. The van der Waals surface area contributed by atoms with E-state index in [-0.39, 0.29) is 41.2 Å². The number of alkyl halides is 4. The summed E-state index contributed by atoms with van der Waals surface area (Å²) in [4.78, 5) is 66.8. The predicted octanol–water partition coefficient (Wildman–Crippen LogP) is 4.43. The molecule has 0 bridgehead atoms. The molecule has 6 aliphatic rings. The number of carbonyl (C=O) groups is 4. The van der Waals surface area contributed by atoms with Crippen molar-refractivity contribution >= 4 is 40.7 Å². The van der Waals surface area contributed by atoms with Gasteiger partial charge in [0.2, 0.25) is 5.91 Å². The Morgan fingerprint density at radius 3 is 2.10 bits per heavy atom. The zero-order valence-electron chi connectivity index (χ0n) is 34.7. The minimum absolute atomic E-state index is 0.0460. The molecule has 5 fully saturated rings. The molecule has 4 amide bonds. The van der Waals surface area contributed by atoms with Crippen molar-refractivity contribution in [3.63, 3.8) is 0 Å². The second-order valence-corrected chi connectivity index (χ2v) is 17.9. The Morgan fingerprint density at radius 1 is 0.810 bits per heavy atom. The molecule has 3 aromatic rings. The van der Waals surface area contributed by atoms with Gasteiger partial charge in [0.1, 0.15) is 18.0 Å². The molecule has 0 saturated carbocycles. The van der Waals surface area contributed by atoms with Gasteiger partial charge in [0, 0.05) is 108 Å². The molecule has 332 valence electrons. The number of rotatable bonds is 7. The highest BCUT2D eigenvalue weighted by Crippen LogP contribution is 2.43. The van der Waals surface area contributed by atoms with E-state index >= 15 is 4.39 Å². The number of benzene rings is 2. The van der Waals surface area contributed by atoms with Crippen molar-refractivity contribution in [3.05, 3.63) is 82.7 Å². The maximum atomic E-state index is 16.3. The monoisotopic (exact) mass is 871 g/mol. The lowest BCUT2D eigenvalue weighted by Gasteiger charge is -2.43. The zero-order valence-corrected chi connectivity index (χ0v) is 34.7. The summed E-state index contributed by atoms with van der Waals surface area (Å²) in [5, 5.41) is 21.9. The molecule has 7 heterocycles. The van der Waals surface area contributed by atoms with Gasteiger partial charge in [-0.15, -0.1) is 0 Å². The summed E-state index contributed by atoms with van der Waals surface area (Å²) in [5.74, 6) is -1.39. The molecule has 1 spiro atoms. The van der Waals surface area contributed by atoms with Crippen LogP contribution in [0, 0.1) is 16.7 Å². The van der Waals surface area contributed by atoms with Gasteiger partial charge in [0.25, 0.3) is 17.7 Å². The van der Waals surface area contributed by atoms with Crippen LogP contribution in [0.3, 0.4) is 0 Å². The second kappa shape index (κ2) is 16.4. The number of piperazine rings is 1. The van der Waals surface area contributed by atoms with Crippen LogP contribution in [0.25, 0.3) is 0 Å². The van der Waals surface area contributed by atoms with Crippen molar-refractivity contribution in [3.8, 4) is 6.07 Å². The third kappa shape index (κ3) is 8.28. The van der Waals surface area contributed by atoms with E-state index in [0.29, 0.717) is 96.1 Å². The molecule has 2 atom stereocenters. The predicted molar refractivity (Wildman–Crippen MR) is 223 cm³/mol. The molecule has 6 aliphatic heterocycles. The Balaban J connectivity index is 0.728. The zero-order chi connectivity index (χ0) is 44.3. The highest BCUT2D eigenvalue weighted by Gasteiger charge is 2.46. The van der Waals surface area contributed by atoms with Gasteiger partial charge >= 0.3 is 6.18 Å². The summed E-state index contributed by atoms with van der Waals surface area (Å²) in [6.45, 7) is 6.26. The third-order valence-corrected chi connectivity index (χ3v) is 14.2.